The molecule has 7 rings (SSSR count). The van der Waals surface area contributed by atoms with E-state index in [1.165, 1.54) is 35.6 Å². The van der Waals surface area contributed by atoms with Crippen molar-refractivity contribution in [1.82, 2.24) is 4.90 Å². The number of nitrogens with zero attached hydrogens (tertiary/aromatic N) is 2. The molecular formula is C31H19Cl2F5N2O5S. The molecule has 0 spiro atoms. The molecule has 2 aliphatic heterocycles. The van der Waals surface area contributed by atoms with Crippen molar-refractivity contribution in [1.29, 1.82) is 0 Å². The van der Waals surface area contributed by atoms with Crippen LogP contribution in [0.2, 0.25) is 0 Å². The van der Waals surface area contributed by atoms with E-state index >= 15 is 8.78 Å². The Morgan fingerprint density at radius 3 is 2.17 bits per heavy atom. The molecule has 0 bridgehead atoms. The van der Waals surface area contributed by atoms with Gasteiger partial charge in [0, 0.05) is 10.8 Å². The van der Waals surface area contributed by atoms with Gasteiger partial charge in [-0.25, -0.2) is 26.9 Å². The lowest BCUT2D eigenvalue weighted by Gasteiger charge is -2.50. The summed E-state index contributed by atoms with van der Waals surface area (Å²) < 4.78 is 72.7. The molecule has 6 unspecified atom stereocenters. The van der Waals surface area contributed by atoms with Gasteiger partial charge in [-0.15, -0.1) is 34.5 Å². The SMILES string of the molecule is O=C1C2CC=C3C(CC4(Cl)C(=O)N(c5c(F)c(F)c(F)c(F)c5F)C(=O)C4(Cl)C3c3cccc(O)c3)C2C(=O)N1Cc1cccs1. The molecule has 2 aromatic carbocycles. The third-order valence-corrected chi connectivity index (χ3v) is 11.7. The van der Waals surface area contributed by atoms with Crippen LogP contribution in [0.25, 0.3) is 0 Å². The van der Waals surface area contributed by atoms with Crippen LogP contribution in [0.3, 0.4) is 0 Å². The third-order valence-electron chi connectivity index (χ3n) is 9.41. The Balaban J connectivity index is 1.41. The highest BCUT2D eigenvalue weighted by Crippen LogP contribution is 2.66. The number of halogens is 7. The normalized spacial score (nSPS) is 30.5. The van der Waals surface area contributed by atoms with Crippen LogP contribution in [0.4, 0.5) is 27.6 Å². The van der Waals surface area contributed by atoms with Gasteiger partial charge in [-0.05, 0) is 47.9 Å². The molecule has 1 saturated carbocycles. The lowest BCUT2D eigenvalue weighted by atomic mass is 9.56. The van der Waals surface area contributed by atoms with E-state index in [-0.39, 0.29) is 29.2 Å². The fourth-order valence-corrected chi connectivity index (χ4v) is 9.05. The van der Waals surface area contributed by atoms with Gasteiger partial charge in [0.2, 0.25) is 17.6 Å². The molecule has 2 aliphatic carbocycles. The fourth-order valence-electron chi connectivity index (χ4n) is 7.42. The van der Waals surface area contributed by atoms with Crippen molar-refractivity contribution in [3.05, 3.63) is 93.0 Å². The smallest absolute Gasteiger partial charge is 0.258 e. The number of hydrogen-bond donors (Lipinski definition) is 1. The number of phenols is 1. The first-order valence-corrected chi connectivity index (χ1v) is 15.5. The van der Waals surface area contributed by atoms with E-state index in [1.54, 1.807) is 23.6 Å². The minimum atomic E-state index is -2.64. The molecule has 0 radical (unpaired) electrons. The van der Waals surface area contributed by atoms with Crippen LogP contribution >= 0.6 is 34.5 Å². The first-order chi connectivity index (χ1) is 21.7. The number of phenolic OH excluding ortho intramolecular Hbond substituents is 1. The van der Waals surface area contributed by atoms with E-state index in [2.05, 4.69) is 0 Å². The number of benzene rings is 2. The Bertz CT molecular complexity index is 1900. The molecule has 7 nitrogen and oxygen atoms in total. The standard InChI is InChI=1S/C31H19Cl2F5N2O5S/c32-30-10-17-15(6-7-16-18(17)27(43)39(26(16)42)11-14-5-2-8-46-14)19(12-3-1-4-13(41)9-12)31(30,33)29(45)40(28(30)44)25-23(37)21(35)20(34)22(36)24(25)38/h1-6,8-9,16-19,41H,7,10-11H2. The molecule has 238 valence electrons. The van der Waals surface area contributed by atoms with Gasteiger partial charge in [0.05, 0.1) is 18.4 Å². The number of allylic oxidation sites excluding steroid dienone is 2. The molecule has 1 N–H and O–H groups in total. The summed E-state index contributed by atoms with van der Waals surface area (Å²) in [5.41, 5.74) is -1.43. The van der Waals surface area contributed by atoms with Crippen LogP contribution in [0.5, 0.6) is 5.75 Å². The molecule has 3 heterocycles. The minimum absolute atomic E-state index is 0.00270. The second-order valence-corrected chi connectivity index (χ2v) is 13.9. The third kappa shape index (κ3) is 3.88. The molecule has 2 saturated heterocycles. The summed E-state index contributed by atoms with van der Waals surface area (Å²) in [5.74, 6) is -21.1. The van der Waals surface area contributed by atoms with Gasteiger partial charge < -0.3 is 5.11 Å². The van der Waals surface area contributed by atoms with Crippen LogP contribution in [0.15, 0.2) is 53.4 Å². The Hall–Kier alpha value is -3.81. The van der Waals surface area contributed by atoms with Gasteiger partial charge in [-0.3, -0.25) is 24.1 Å². The van der Waals surface area contributed by atoms with Gasteiger partial charge in [-0.1, -0.05) is 29.8 Å². The molecular weight excluding hydrogens is 678 g/mol. The predicted octanol–water partition coefficient (Wildman–Crippen LogP) is 5.91. The average molecular weight is 697 g/mol. The summed E-state index contributed by atoms with van der Waals surface area (Å²) in [7, 11) is 0. The second-order valence-electron chi connectivity index (χ2n) is 11.6. The van der Waals surface area contributed by atoms with Gasteiger partial charge in [-0.2, -0.15) is 0 Å². The van der Waals surface area contributed by atoms with E-state index in [0.29, 0.717) is 5.57 Å². The number of carbonyl (C=O) groups is 4. The molecule has 3 aromatic rings. The summed E-state index contributed by atoms with van der Waals surface area (Å²) in [6.07, 6.45) is 1.03. The maximum Gasteiger partial charge on any atom is 0.258 e. The lowest BCUT2D eigenvalue weighted by molar-refractivity contribution is -0.141. The summed E-state index contributed by atoms with van der Waals surface area (Å²) in [6.45, 7) is -0.00270. The van der Waals surface area contributed by atoms with Gasteiger partial charge in [0.25, 0.3) is 11.8 Å². The molecule has 1 aromatic heterocycles. The number of carbonyl (C=O) groups excluding carboxylic acids is 4. The number of anilines is 1. The van der Waals surface area contributed by atoms with Crippen molar-refractivity contribution >= 4 is 63.9 Å². The quantitative estimate of drug-likeness (QED) is 0.0914. The molecule has 4 amide bonds. The Kier molecular flexibility index (Phi) is 6.93. The second kappa shape index (κ2) is 10.3. The zero-order valence-corrected chi connectivity index (χ0v) is 25.4. The summed E-state index contributed by atoms with van der Waals surface area (Å²) in [6, 6.07) is 8.85. The van der Waals surface area contributed by atoms with E-state index < -0.39 is 98.2 Å². The maximum absolute atomic E-state index is 15.1. The Morgan fingerprint density at radius 1 is 0.870 bits per heavy atom. The number of thiophene rings is 1. The number of aromatic hydroxyl groups is 1. The van der Waals surface area contributed by atoms with E-state index in [0.717, 1.165) is 9.78 Å². The number of imide groups is 2. The number of fused-ring (bicyclic) bond motifs is 4. The number of amides is 4. The number of rotatable bonds is 4. The summed E-state index contributed by atoms with van der Waals surface area (Å²) in [4.78, 5) is 52.1. The predicted molar refractivity (Wildman–Crippen MR) is 154 cm³/mol. The number of hydrogen-bond acceptors (Lipinski definition) is 6. The Morgan fingerprint density at radius 2 is 1.54 bits per heavy atom. The van der Waals surface area contributed by atoms with E-state index in [4.69, 9.17) is 23.2 Å². The van der Waals surface area contributed by atoms with E-state index in [1.807, 2.05) is 0 Å². The molecule has 6 atom stereocenters. The van der Waals surface area contributed by atoms with E-state index in [9.17, 15) is 37.5 Å². The highest BCUT2D eigenvalue weighted by molar-refractivity contribution is 7.09. The zero-order chi connectivity index (χ0) is 33.0. The van der Waals surface area contributed by atoms with Crippen molar-refractivity contribution in [2.45, 2.75) is 35.1 Å². The first-order valence-electron chi connectivity index (χ1n) is 13.9. The highest BCUT2D eigenvalue weighted by atomic mass is 35.5. The first kappa shape index (κ1) is 30.8. The van der Waals surface area contributed by atoms with Crippen LogP contribution in [-0.2, 0) is 25.7 Å². The van der Waals surface area contributed by atoms with Gasteiger partial charge in [0.15, 0.2) is 33.0 Å². The largest absolute Gasteiger partial charge is 0.508 e. The molecule has 15 heteroatoms. The monoisotopic (exact) mass is 696 g/mol. The Labute approximate surface area is 270 Å². The van der Waals surface area contributed by atoms with Crippen LogP contribution in [-0.4, -0.2) is 43.4 Å². The molecule has 4 aliphatic rings. The van der Waals surface area contributed by atoms with Crippen LogP contribution in [0.1, 0.15) is 29.2 Å². The zero-order valence-electron chi connectivity index (χ0n) is 23.1. The minimum Gasteiger partial charge on any atom is -0.508 e. The summed E-state index contributed by atoms with van der Waals surface area (Å²) >= 11 is 15.4. The molecule has 46 heavy (non-hydrogen) atoms. The lowest BCUT2D eigenvalue weighted by Crippen LogP contribution is -2.60. The average Bonchev–Trinajstić information content (AvgIpc) is 3.67. The summed E-state index contributed by atoms with van der Waals surface area (Å²) in [5, 5.41) is 12.1. The topological polar surface area (TPSA) is 95.0 Å². The van der Waals surface area contributed by atoms with Gasteiger partial charge >= 0.3 is 0 Å². The van der Waals surface area contributed by atoms with Gasteiger partial charge in [0.1, 0.15) is 11.4 Å². The highest BCUT2D eigenvalue weighted by Gasteiger charge is 2.77. The molecule has 3 fully saturated rings. The van der Waals surface area contributed by atoms with Crippen LogP contribution < -0.4 is 4.90 Å². The van der Waals surface area contributed by atoms with Crippen molar-refractivity contribution in [3.63, 3.8) is 0 Å². The van der Waals surface area contributed by atoms with Crippen molar-refractivity contribution in [2.75, 3.05) is 4.90 Å². The van der Waals surface area contributed by atoms with Crippen molar-refractivity contribution in [2.24, 2.45) is 17.8 Å². The van der Waals surface area contributed by atoms with Crippen molar-refractivity contribution < 1.29 is 46.2 Å². The van der Waals surface area contributed by atoms with Crippen molar-refractivity contribution in [3.8, 4) is 5.75 Å². The number of alkyl halides is 2. The maximum atomic E-state index is 15.1. The van der Waals surface area contributed by atoms with Crippen LogP contribution in [0, 0.1) is 46.8 Å². The fraction of sp³-hybridized carbons (Fsp3) is 0.290. The number of likely N-dealkylation sites (tertiary alicyclic amines) is 1.